The van der Waals surface area contributed by atoms with Crippen LogP contribution in [0.4, 0.5) is 0 Å². The Morgan fingerprint density at radius 2 is 1.68 bits per heavy atom. The molecule has 5 heteroatoms. The van der Waals surface area contributed by atoms with E-state index in [1.807, 2.05) is 30.3 Å². The van der Waals surface area contributed by atoms with Crippen molar-refractivity contribution in [2.24, 2.45) is 0 Å². The number of nitrogens with one attached hydrogen (secondary N) is 2. The number of methoxy groups -OCH3 is 1. The van der Waals surface area contributed by atoms with Crippen LogP contribution in [-0.2, 0) is 20.7 Å². The normalized spacial score (nSPS) is 9.95. The number of hydrogen-bond acceptors (Lipinski definition) is 3. The molecular weight excluding hydrogens is 244 g/mol. The predicted octanol–water partition coefficient (Wildman–Crippen LogP) is 0.498. The lowest BCUT2D eigenvalue weighted by molar-refractivity contribution is -0.123. The molecule has 0 spiro atoms. The van der Waals surface area contributed by atoms with Crippen molar-refractivity contribution >= 4 is 11.8 Å². The minimum absolute atomic E-state index is 0.0441. The SMILES string of the molecule is COCCC(=O)NCCNC(=O)Cc1ccccc1. The van der Waals surface area contributed by atoms with E-state index in [9.17, 15) is 9.59 Å². The van der Waals surface area contributed by atoms with E-state index in [2.05, 4.69) is 10.6 Å². The van der Waals surface area contributed by atoms with Gasteiger partial charge in [-0.05, 0) is 5.56 Å². The summed E-state index contributed by atoms with van der Waals surface area (Å²) in [6.07, 6.45) is 0.701. The molecule has 0 unspecified atom stereocenters. The summed E-state index contributed by atoms with van der Waals surface area (Å²) in [5, 5.41) is 5.46. The fraction of sp³-hybridized carbons (Fsp3) is 0.429. The lowest BCUT2D eigenvalue weighted by Gasteiger charge is -2.07. The first-order valence-corrected chi connectivity index (χ1v) is 6.28. The van der Waals surface area contributed by atoms with Gasteiger partial charge >= 0.3 is 0 Å². The number of carbonyl (C=O) groups excluding carboxylic acids is 2. The van der Waals surface area contributed by atoms with E-state index in [0.717, 1.165) is 5.56 Å². The van der Waals surface area contributed by atoms with E-state index < -0.39 is 0 Å². The lowest BCUT2D eigenvalue weighted by Crippen LogP contribution is -2.35. The molecule has 0 aliphatic heterocycles. The van der Waals surface area contributed by atoms with Gasteiger partial charge in [0.05, 0.1) is 13.0 Å². The molecule has 0 aliphatic rings. The van der Waals surface area contributed by atoms with Crippen molar-refractivity contribution in [3.05, 3.63) is 35.9 Å². The summed E-state index contributed by atoms with van der Waals surface area (Å²) in [6.45, 7) is 1.28. The van der Waals surface area contributed by atoms with Crippen LogP contribution in [0.5, 0.6) is 0 Å². The van der Waals surface area contributed by atoms with Gasteiger partial charge in [0.15, 0.2) is 0 Å². The molecule has 1 aromatic rings. The number of hydrogen-bond donors (Lipinski definition) is 2. The summed E-state index contributed by atoms with van der Waals surface area (Å²) in [4.78, 5) is 22.8. The van der Waals surface area contributed by atoms with Crippen LogP contribution >= 0.6 is 0 Å². The van der Waals surface area contributed by atoms with Crippen LogP contribution in [0, 0.1) is 0 Å². The quantitative estimate of drug-likeness (QED) is 0.672. The van der Waals surface area contributed by atoms with Crippen molar-refractivity contribution in [1.82, 2.24) is 10.6 Å². The molecule has 0 heterocycles. The third kappa shape index (κ3) is 7.21. The van der Waals surface area contributed by atoms with Crippen LogP contribution < -0.4 is 10.6 Å². The second kappa shape index (κ2) is 9.10. The molecule has 1 aromatic carbocycles. The maximum absolute atomic E-state index is 11.6. The van der Waals surface area contributed by atoms with Gasteiger partial charge < -0.3 is 15.4 Å². The van der Waals surface area contributed by atoms with Gasteiger partial charge in [0.1, 0.15) is 0 Å². The zero-order chi connectivity index (χ0) is 13.9. The van der Waals surface area contributed by atoms with Crippen LogP contribution in [0.2, 0.25) is 0 Å². The first-order valence-electron chi connectivity index (χ1n) is 6.28. The van der Waals surface area contributed by atoms with Crippen LogP contribution in [-0.4, -0.2) is 38.6 Å². The highest BCUT2D eigenvalue weighted by molar-refractivity contribution is 5.78. The van der Waals surface area contributed by atoms with Gasteiger partial charge in [0.25, 0.3) is 0 Å². The minimum Gasteiger partial charge on any atom is -0.384 e. The van der Waals surface area contributed by atoms with Gasteiger partial charge in [-0.3, -0.25) is 9.59 Å². The Bertz CT molecular complexity index is 393. The number of rotatable bonds is 8. The Labute approximate surface area is 113 Å². The van der Waals surface area contributed by atoms with Crippen molar-refractivity contribution < 1.29 is 14.3 Å². The summed E-state index contributed by atoms with van der Waals surface area (Å²) in [7, 11) is 1.55. The van der Waals surface area contributed by atoms with Crippen LogP contribution in [0.1, 0.15) is 12.0 Å². The van der Waals surface area contributed by atoms with Gasteiger partial charge in [0.2, 0.25) is 11.8 Å². The first kappa shape index (κ1) is 15.2. The van der Waals surface area contributed by atoms with Crippen molar-refractivity contribution in [3.63, 3.8) is 0 Å². The number of carbonyl (C=O) groups is 2. The van der Waals surface area contributed by atoms with Gasteiger partial charge in [0, 0.05) is 26.6 Å². The topological polar surface area (TPSA) is 67.4 Å². The molecule has 104 valence electrons. The smallest absolute Gasteiger partial charge is 0.224 e. The van der Waals surface area contributed by atoms with Crippen molar-refractivity contribution in [2.45, 2.75) is 12.8 Å². The highest BCUT2D eigenvalue weighted by atomic mass is 16.5. The molecular formula is C14H20N2O3. The molecule has 0 atom stereocenters. The van der Waals surface area contributed by atoms with E-state index in [1.54, 1.807) is 7.11 Å². The summed E-state index contributed by atoms with van der Waals surface area (Å²) >= 11 is 0. The second-order valence-corrected chi connectivity index (χ2v) is 4.11. The first-order chi connectivity index (χ1) is 9.22. The molecule has 2 N–H and O–H groups in total. The summed E-state index contributed by atoms with van der Waals surface area (Å²) in [6, 6.07) is 9.53. The van der Waals surface area contributed by atoms with E-state index in [0.29, 0.717) is 32.5 Å². The van der Waals surface area contributed by atoms with Crippen molar-refractivity contribution in [1.29, 1.82) is 0 Å². The molecule has 2 amide bonds. The van der Waals surface area contributed by atoms with Crippen LogP contribution in [0.15, 0.2) is 30.3 Å². The molecule has 5 nitrogen and oxygen atoms in total. The van der Waals surface area contributed by atoms with Crippen molar-refractivity contribution in [2.75, 3.05) is 26.8 Å². The summed E-state index contributed by atoms with van der Waals surface area (Å²) in [5.41, 5.74) is 0.976. The molecule has 0 fully saturated rings. The molecule has 19 heavy (non-hydrogen) atoms. The van der Waals surface area contributed by atoms with Gasteiger partial charge in [-0.15, -0.1) is 0 Å². The monoisotopic (exact) mass is 264 g/mol. The molecule has 0 radical (unpaired) electrons. The average Bonchev–Trinajstić information content (AvgIpc) is 2.42. The Hall–Kier alpha value is -1.88. The average molecular weight is 264 g/mol. The van der Waals surface area contributed by atoms with E-state index >= 15 is 0 Å². The fourth-order valence-corrected chi connectivity index (χ4v) is 1.53. The zero-order valence-corrected chi connectivity index (χ0v) is 11.1. The predicted molar refractivity (Wildman–Crippen MR) is 72.7 cm³/mol. The van der Waals surface area contributed by atoms with Crippen LogP contribution in [0.25, 0.3) is 0 Å². The maximum Gasteiger partial charge on any atom is 0.224 e. The molecule has 0 saturated heterocycles. The Morgan fingerprint density at radius 1 is 1.05 bits per heavy atom. The lowest BCUT2D eigenvalue weighted by atomic mass is 10.1. The Morgan fingerprint density at radius 3 is 2.32 bits per heavy atom. The third-order valence-corrected chi connectivity index (χ3v) is 2.51. The standard InChI is InChI=1S/C14H20N2O3/c1-19-10-7-13(17)15-8-9-16-14(18)11-12-5-3-2-4-6-12/h2-6H,7-11H2,1H3,(H,15,17)(H,16,18). The van der Waals surface area contributed by atoms with E-state index in [1.165, 1.54) is 0 Å². The number of benzene rings is 1. The van der Waals surface area contributed by atoms with Crippen molar-refractivity contribution in [3.8, 4) is 0 Å². The van der Waals surface area contributed by atoms with E-state index in [-0.39, 0.29) is 11.8 Å². The van der Waals surface area contributed by atoms with E-state index in [4.69, 9.17) is 4.74 Å². The summed E-state index contributed by atoms with van der Waals surface area (Å²) < 4.78 is 4.79. The largest absolute Gasteiger partial charge is 0.384 e. The summed E-state index contributed by atoms with van der Waals surface area (Å²) in [5.74, 6) is -0.114. The van der Waals surface area contributed by atoms with Gasteiger partial charge in [-0.25, -0.2) is 0 Å². The Kier molecular flexibility index (Phi) is 7.27. The van der Waals surface area contributed by atoms with Gasteiger partial charge in [-0.2, -0.15) is 0 Å². The number of ether oxygens (including phenoxy) is 1. The highest BCUT2D eigenvalue weighted by Gasteiger charge is 2.03. The van der Waals surface area contributed by atoms with Crippen LogP contribution in [0.3, 0.4) is 0 Å². The molecule has 0 aliphatic carbocycles. The molecule has 0 aromatic heterocycles. The minimum atomic E-state index is -0.0702. The maximum atomic E-state index is 11.6. The molecule has 0 saturated carbocycles. The second-order valence-electron chi connectivity index (χ2n) is 4.11. The zero-order valence-electron chi connectivity index (χ0n) is 11.1. The molecule has 0 bridgehead atoms. The highest BCUT2D eigenvalue weighted by Crippen LogP contribution is 1.98. The van der Waals surface area contributed by atoms with Gasteiger partial charge in [-0.1, -0.05) is 30.3 Å². The Balaban J connectivity index is 2.09. The number of amides is 2. The fourth-order valence-electron chi connectivity index (χ4n) is 1.53. The molecule has 1 rings (SSSR count). The third-order valence-electron chi connectivity index (χ3n) is 2.51.